The summed E-state index contributed by atoms with van der Waals surface area (Å²) < 4.78 is 3.19. The minimum atomic E-state index is -0.530. The van der Waals surface area contributed by atoms with Gasteiger partial charge in [0.15, 0.2) is 11.4 Å². The standard InChI is InChI=1S/C19H25N7O3S/c1-4-12-6-15(27)23-18(21-12)26-14(5-11(3)24-26)22-16(28)7-13-9-30-19-20-8-10(2)17(29)25(13)19/h5,8,12-13,18,21H,4,6-7,9H2,1-3H3,(H,22,28)(H,23,27). The first-order chi connectivity index (χ1) is 14.4. The summed E-state index contributed by atoms with van der Waals surface area (Å²) >= 11 is 1.48. The van der Waals surface area contributed by atoms with Crippen molar-refractivity contribution in [3.8, 4) is 0 Å². The van der Waals surface area contributed by atoms with Gasteiger partial charge in [-0.2, -0.15) is 5.10 Å². The smallest absolute Gasteiger partial charge is 0.257 e. The van der Waals surface area contributed by atoms with Gasteiger partial charge in [0, 0.05) is 42.5 Å². The molecule has 3 atom stereocenters. The van der Waals surface area contributed by atoms with E-state index in [1.807, 2.05) is 13.8 Å². The largest absolute Gasteiger partial charge is 0.322 e. The van der Waals surface area contributed by atoms with E-state index in [-0.39, 0.29) is 35.9 Å². The Bertz CT molecular complexity index is 1050. The van der Waals surface area contributed by atoms with Crippen molar-refractivity contribution in [3.63, 3.8) is 0 Å². The Kier molecular flexibility index (Phi) is 5.65. The van der Waals surface area contributed by atoms with Crippen molar-refractivity contribution in [1.29, 1.82) is 0 Å². The number of thioether (sulfide) groups is 1. The van der Waals surface area contributed by atoms with Gasteiger partial charge in [-0.25, -0.2) is 9.67 Å². The van der Waals surface area contributed by atoms with Crippen molar-refractivity contribution in [2.75, 3.05) is 11.1 Å². The number of aromatic nitrogens is 4. The van der Waals surface area contributed by atoms with E-state index in [1.165, 1.54) is 11.8 Å². The number of hydrogen-bond acceptors (Lipinski definition) is 7. The number of anilines is 1. The summed E-state index contributed by atoms with van der Waals surface area (Å²) in [4.78, 5) is 41.6. The molecule has 10 nitrogen and oxygen atoms in total. The molecule has 30 heavy (non-hydrogen) atoms. The van der Waals surface area contributed by atoms with Crippen molar-refractivity contribution < 1.29 is 9.59 Å². The van der Waals surface area contributed by atoms with E-state index in [4.69, 9.17) is 0 Å². The molecule has 3 N–H and O–H groups in total. The van der Waals surface area contributed by atoms with Gasteiger partial charge in [0.25, 0.3) is 5.56 Å². The molecule has 0 bridgehead atoms. The van der Waals surface area contributed by atoms with Crippen LogP contribution >= 0.6 is 11.8 Å². The Morgan fingerprint density at radius 2 is 2.17 bits per heavy atom. The van der Waals surface area contributed by atoms with E-state index in [2.05, 4.69) is 26.0 Å². The highest BCUT2D eigenvalue weighted by Crippen LogP contribution is 2.32. The summed E-state index contributed by atoms with van der Waals surface area (Å²) in [7, 11) is 0. The molecule has 1 fully saturated rings. The normalized spacial score (nSPS) is 23.2. The van der Waals surface area contributed by atoms with Crippen molar-refractivity contribution in [1.82, 2.24) is 30.0 Å². The Hall–Kier alpha value is -2.66. The summed E-state index contributed by atoms with van der Waals surface area (Å²) in [5.41, 5.74) is 1.17. The zero-order valence-electron chi connectivity index (χ0n) is 17.1. The van der Waals surface area contributed by atoms with Gasteiger partial charge in [0.05, 0.1) is 11.7 Å². The molecule has 2 aromatic heterocycles. The van der Waals surface area contributed by atoms with Crippen molar-refractivity contribution in [2.45, 2.75) is 63.6 Å². The number of nitrogens with one attached hydrogen (secondary N) is 3. The molecule has 1 saturated heterocycles. The summed E-state index contributed by atoms with van der Waals surface area (Å²) in [5.74, 6) is 0.832. The highest BCUT2D eigenvalue weighted by atomic mass is 32.2. The van der Waals surface area contributed by atoms with Gasteiger partial charge in [0.1, 0.15) is 5.82 Å². The lowest BCUT2D eigenvalue weighted by Gasteiger charge is -2.31. The van der Waals surface area contributed by atoms with Crippen LogP contribution in [0.2, 0.25) is 0 Å². The lowest BCUT2D eigenvalue weighted by Crippen LogP contribution is -2.53. The Balaban J connectivity index is 1.50. The number of nitrogens with zero attached hydrogens (tertiary/aromatic N) is 4. The molecular formula is C19H25N7O3S. The molecule has 4 heterocycles. The maximum absolute atomic E-state index is 12.8. The fraction of sp³-hybridized carbons (Fsp3) is 0.526. The second-order valence-corrected chi connectivity index (χ2v) is 8.66. The molecule has 2 aromatic rings. The Morgan fingerprint density at radius 3 is 2.93 bits per heavy atom. The number of fused-ring (bicyclic) bond motifs is 1. The predicted octanol–water partition coefficient (Wildman–Crippen LogP) is 1.08. The molecule has 4 rings (SSSR count). The van der Waals surface area contributed by atoms with Crippen LogP contribution in [-0.2, 0) is 9.59 Å². The number of carbonyl (C=O) groups excluding carboxylic acids is 2. The fourth-order valence-corrected chi connectivity index (χ4v) is 4.85. The summed E-state index contributed by atoms with van der Waals surface area (Å²) in [6.45, 7) is 5.56. The first-order valence-corrected chi connectivity index (χ1v) is 11.0. The number of carbonyl (C=O) groups is 2. The minimum absolute atomic E-state index is 0.0476. The van der Waals surface area contributed by atoms with Crippen LogP contribution in [0.25, 0.3) is 0 Å². The van der Waals surface area contributed by atoms with E-state index >= 15 is 0 Å². The third kappa shape index (κ3) is 3.99. The van der Waals surface area contributed by atoms with Gasteiger partial charge in [-0.1, -0.05) is 18.7 Å². The summed E-state index contributed by atoms with van der Waals surface area (Å²) in [5, 5.41) is 14.2. The number of aryl methyl sites for hydroxylation is 2. The zero-order chi connectivity index (χ0) is 21.4. The van der Waals surface area contributed by atoms with Gasteiger partial charge in [-0.3, -0.25) is 24.3 Å². The Morgan fingerprint density at radius 1 is 1.37 bits per heavy atom. The molecular weight excluding hydrogens is 406 g/mol. The molecule has 2 amide bonds. The summed E-state index contributed by atoms with van der Waals surface area (Å²) in [6, 6.07) is 1.56. The van der Waals surface area contributed by atoms with Crippen molar-refractivity contribution in [2.24, 2.45) is 0 Å². The number of rotatable bonds is 5. The van der Waals surface area contributed by atoms with E-state index in [0.717, 1.165) is 12.1 Å². The van der Waals surface area contributed by atoms with Crippen LogP contribution in [-0.4, -0.2) is 42.9 Å². The molecule has 0 aliphatic carbocycles. The molecule has 160 valence electrons. The first-order valence-electron chi connectivity index (χ1n) is 9.98. The van der Waals surface area contributed by atoms with Crippen molar-refractivity contribution in [3.05, 3.63) is 33.9 Å². The second-order valence-electron chi connectivity index (χ2n) is 7.68. The molecule has 0 aromatic carbocycles. The van der Waals surface area contributed by atoms with Crippen LogP contribution in [0.15, 0.2) is 22.2 Å². The Labute approximate surface area is 177 Å². The lowest BCUT2D eigenvalue weighted by molar-refractivity contribution is -0.125. The van der Waals surface area contributed by atoms with Crippen LogP contribution in [0.5, 0.6) is 0 Å². The monoisotopic (exact) mass is 431 g/mol. The first kappa shape index (κ1) is 20.6. The van der Waals surface area contributed by atoms with Crippen LogP contribution in [0, 0.1) is 13.8 Å². The molecule has 2 aliphatic heterocycles. The van der Waals surface area contributed by atoms with Gasteiger partial charge in [0.2, 0.25) is 11.8 Å². The minimum Gasteiger partial charge on any atom is -0.322 e. The maximum Gasteiger partial charge on any atom is 0.257 e. The van der Waals surface area contributed by atoms with E-state index in [0.29, 0.717) is 28.7 Å². The quantitative estimate of drug-likeness (QED) is 0.605. The topological polar surface area (TPSA) is 123 Å². The third-order valence-electron chi connectivity index (χ3n) is 5.31. The highest BCUT2D eigenvalue weighted by molar-refractivity contribution is 7.99. The fourth-order valence-electron chi connectivity index (χ4n) is 3.74. The average Bonchev–Trinajstić information content (AvgIpc) is 3.27. The molecule has 11 heteroatoms. The molecule has 0 saturated carbocycles. The average molecular weight is 432 g/mol. The molecule has 0 radical (unpaired) electrons. The predicted molar refractivity (Wildman–Crippen MR) is 112 cm³/mol. The van der Waals surface area contributed by atoms with Gasteiger partial charge >= 0.3 is 0 Å². The van der Waals surface area contributed by atoms with Gasteiger partial charge in [-0.15, -0.1) is 0 Å². The van der Waals surface area contributed by atoms with E-state index in [1.54, 1.807) is 28.4 Å². The van der Waals surface area contributed by atoms with Crippen LogP contribution in [0.1, 0.15) is 49.8 Å². The second kappa shape index (κ2) is 8.23. The number of hydrogen-bond donors (Lipinski definition) is 3. The maximum atomic E-state index is 12.8. The lowest BCUT2D eigenvalue weighted by atomic mass is 10.1. The van der Waals surface area contributed by atoms with Crippen LogP contribution in [0.4, 0.5) is 5.82 Å². The number of amides is 2. The molecule has 2 aliphatic rings. The molecule has 3 unspecified atom stereocenters. The van der Waals surface area contributed by atoms with Gasteiger partial charge < -0.3 is 10.6 Å². The zero-order valence-corrected chi connectivity index (χ0v) is 18.0. The third-order valence-corrected chi connectivity index (χ3v) is 6.42. The summed E-state index contributed by atoms with van der Waals surface area (Å²) in [6.07, 6.45) is 2.41. The SMILES string of the molecule is CCC1CC(=O)NC(n2nc(C)cc2NC(=O)CC2CSc3ncc(C)c(=O)n32)N1. The van der Waals surface area contributed by atoms with Crippen LogP contribution < -0.4 is 21.5 Å². The van der Waals surface area contributed by atoms with Crippen molar-refractivity contribution >= 4 is 29.4 Å². The van der Waals surface area contributed by atoms with E-state index < -0.39 is 6.29 Å². The molecule has 0 spiro atoms. The van der Waals surface area contributed by atoms with Crippen LogP contribution in [0.3, 0.4) is 0 Å². The van der Waals surface area contributed by atoms with Gasteiger partial charge in [-0.05, 0) is 20.3 Å². The highest BCUT2D eigenvalue weighted by Gasteiger charge is 2.30. The van der Waals surface area contributed by atoms with E-state index in [9.17, 15) is 14.4 Å².